The van der Waals surface area contributed by atoms with Gasteiger partial charge in [-0.25, -0.2) is 4.98 Å². The molecule has 0 aliphatic rings. The van der Waals surface area contributed by atoms with Gasteiger partial charge < -0.3 is 0 Å². The van der Waals surface area contributed by atoms with Gasteiger partial charge in [0.1, 0.15) is 0 Å². The van der Waals surface area contributed by atoms with E-state index in [1.807, 2.05) is 30.3 Å². The summed E-state index contributed by atoms with van der Waals surface area (Å²) in [6, 6.07) is 16.1. The number of fused-ring (bicyclic) bond motifs is 1. The van der Waals surface area contributed by atoms with Crippen LogP contribution in [-0.4, -0.2) is 14.9 Å². The monoisotopic (exact) mass is 277 g/mol. The molecule has 102 valence electrons. The molecule has 0 spiro atoms. The zero-order valence-corrected chi connectivity index (χ0v) is 11.0. The van der Waals surface area contributed by atoms with Crippen molar-refractivity contribution in [2.45, 2.75) is 0 Å². The van der Waals surface area contributed by atoms with Crippen molar-refractivity contribution in [3.05, 3.63) is 82.2 Å². The highest BCUT2D eigenvalue weighted by Gasteiger charge is 2.14. The Kier molecular flexibility index (Phi) is 3.39. The van der Waals surface area contributed by atoms with E-state index in [0.29, 0.717) is 16.8 Å². The van der Waals surface area contributed by atoms with E-state index in [0.717, 1.165) is 5.52 Å². The van der Waals surface area contributed by atoms with Crippen LogP contribution >= 0.6 is 0 Å². The maximum absolute atomic E-state index is 11.3. The molecule has 0 aliphatic heterocycles. The molecular formula is C16H11N3O2. The largest absolute Gasteiger partial charge is 0.278 e. The number of hydrogen-bond donors (Lipinski definition) is 0. The van der Waals surface area contributed by atoms with Gasteiger partial charge in [-0.1, -0.05) is 30.3 Å². The van der Waals surface area contributed by atoms with E-state index in [1.165, 1.54) is 12.3 Å². The number of hydrogen-bond acceptors (Lipinski definition) is 4. The van der Waals surface area contributed by atoms with Crippen molar-refractivity contribution in [2.24, 2.45) is 0 Å². The van der Waals surface area contributed by atoms with Gasteiger partial charge in [0.05, 0.1) is 33.4 Å². The highest BCUT2D eigenvalue weighted by molar-refractivity contribution is 5.79. The molecule has 0 bridgehead atoms. The lowest BCUT2D eigenvalue weighted by molar-refractivity contribution is -0.374. The van der Waals surface area contributed by atoms with E-state index in [9.17, 15) is 10.1 Å². The zero-order valence-electron chi connectivity index (χ0n) is 11.0. The van der Waals surface area contributed by atoms with Crippen LogP contribution in [0, 0.1) is 10.1 Å². The third kappa shape index (κ3) is 2.76. The first-order valence-corrected chi connectivity index (χ1v) is 6.37. The number of aromatic nitrogens is 2. The second kappa shape index (κ2) is 5.50. The molecule has 1 heterocycles. The second-order valence-corrected chi connectivity index (χ2v) is 4.44. The van der Waals surface area contributed by atoms with Gasteiger partial charge in [-0.05, 0) is 24.3 Å². The Morgan fingerprint density at radius 3 is 2.38 bits per heavy atom. The van der Waals surface area contributed by atoms with Gasteiger partial charge in [-0.15, -0.1) is 0 Å². The highest BCUT2D eigenvalue weighted by Crippen LogP contribution is 2.18. The molecule has 1 aromatic heterocycles. The molecule has 0 unspecified atom stereocenters. The van der Waals surface area contributed by atoms with Crippen LogP contribution in [0.1, 0.15) is 11.3 Å². The number of para-hydroxylation sites is 2. The summed E-state index contributed by atoms with van der Waals surface area (Å²) < 4.78 is 0. The van der Waals surface area contributed by atoms with Crippen LogP contribution in [0.4, 0.5) is 0 Å². The second-order valence-electron chi connectivity index (χ2n) is 4.44. The van der Waals surface area contributed by atoms with Crippen LogP contribution in [0.15, 0.2) is 60.8 Å². The predicted octanol–water partition coefficient (Wildman–Crippen LogP) is 3.40. The SMILES string of the molecule is O=[N+]([O-])C(=Cc1cnc2ccccc2n1)c1ccccc1. The Morgan fingerprint density at radius 1 is 1.00 bits per heavy atom. The van der Waals surface area contributed by atoms with Crippen molar-refractivity contribution < 1.29 is 4.92 Å². The third-order valence-corrected chi connectivity index (χ3v) is 3.02. The fraction of sp³-hybridized carbons (Fsp3) is 0. The molecule has 0 atom stereocenters. The van der Waals surface area contributed by atoms with Gasteiger partial charge in [-0.3, -0.25) is 15.1 Å². The highest BCUT2D eigenvalue weighted by atomic mass is 16.6. The quantitative estimate of drug-likeness (QED) is 0.543. The van der Waals surface area contributed by atoms with Crippen LogP contribution in [0.25, 0.3) is 22.8 Å². The Balaban J connectivity index is 2.09. The lowest BCUT2D eigenvalue weighted by Crippen LogP contribution is -1.98. The topological polar surface area (TPSA) is 68.9 Å². The van der Waals surface area contributed by atoms with E-state index >= 15 is 0 Å². The van der Waals surface area contributed by atoms with Crippen LogP contribution in [-0.2, 0) is 0 Å². The molecule has 0 radical (unpaired) electrons. The number of rotatable bonds is 3. The van der Waals surface area contributed by atoms with Crippen molar-refractivity contribution in [3.8, 4) is 0 Å². The smallest absolute Gasteiger partial charge is 0.258 e. The maximum atomic E-state index is 11.3. The minimum Gasteiger partial charge on any atom is -0.258 e. The first-order chi connectivity index (χ1) is 10.2. The minimum atomic E-state index is -0.411. The molecule has 5 nitrogen and oxygen atoms in total. The van der Waals surface area contributed by atoms with Crippen molar-refractivity contribution in [3.63, 3.8) is 0 Å². The minimum absolute atomic E-state index is 0.000168. The standard InChI is InChI=1S/C16H11N3O2/c20-19(21)16(12-6-2-1-3-7-12)10-13-11-17-14-8-4-5-9-15(14)18-13/h1-11H. The van der Waals surface area contributed by atoms with Gasteiger partial charge in [0.15, 0.2) is 0 Å². The molecule has 0 saturated carbocycles. The van der Waals surface area contributed by atoms with E-state index < -0.39 is 4.92 Å². The van der Waals surface area contributed by atoms with Crippen molar-refractivity contribution >= 4 is 22.8 Å². The Morgan fingerprint density at radius 2 is 1.67 bits per heavy atom. The lowest BCUT2D eigenvalue weighted by Gasteiger charge is -2.00. The van der Waals surface area contributed by atoms with Gasteiger partial charge in [0.2, 0.25) is 0 Å². The fourth-order valence-corrected chi connectivity index (χ4v) is 2.03. The van der Waals surface area contributed by atoms with Crippen LogP contribution < -0.4 is 0 Å². The summed E-state index contributed by atoms with van der Waals surface area (Å²) in [5, 5.41) is 11.3. The summed E-state index contributed by atoms with van der Waals surface area (Å²) in [6.07, 6.45) is 2.98. The van der Waals surface area contributed by atoms with Crippen molar-refractivity contribution in [1.29, 1.82) is 0 Å². The Bertz CT molecular complexity index is 829. The average Bonchev–Trinajstić information content (AvgIpc) is 2.53. The molecule has 3 rings (SSSR count). The fourth-order valence-electron chi connectivity index (χ4n) is 2.03. The van der Waals surface area contributed by atoms with Crippen LogP contribution in [0.2, 0.25) is 0 Å². The molecule has 21 heavy (non-hydrogen) atoms. The molecule has 2 aromatic carbocycles. The van der Waals surface area contributed by atoms with Crippen LogP contribution in [0.3, 0.4) is 0 Å². The summed E-state index contributed by atoms with van der Waals surface area (Å²) in [5.74, 6) is 0. The molecular weight excluding hydrogens is 266 g/mol. The van der Waals surface area contributed by atoms with E-state index in [2.05, 4.69) is 9.97 Å². The van der Waals surface area contributed by atoms with Crippen molar-refractivity contribution in [1.82, 2.24) is 9.97 Å². The maximum Gasteiger partial charge on any atom is 0.278 e. The van der Waals surface area contributed by atoms with Gasteiger partial charge >= 0.3 is 0 Å². The first kappa shape index (κ1) is 12.9. The molecule has 0 saturated heterocycles. The van der Waals surface area contributed by atoms with Gasteiger partial charge in [0, 0.05) is 6.08 Å². The van der Waals surface area contributed by atoms with Crippen LogP contribution in [0.5, 0.6) is 0 Å². The van der Waals surface area contributed by atoms with Gasteiger partial charge in [-0.2, -0.15) is 0 Å². The molecule has 0 amide bonds. The number of nitro groups is 1. The number of benzene rings is 2. The Labute approximate surface area is 120 Å². The summed E-state index contributed by atoms with van der Waals surface area (Å²) in [5.41, 5.74) is 2.47. The third-order valence-electron chi connectivity index (χ3n) is 3.02. The Hall–Kier alpha value is -3.08. The summed E-state index contributed by atoms with van der Waals surface area (Å²) >= 11 is 0. The van der Waals surface area contributed by atoms with E-state index in [-0.39, 0.29) is 5.70 Å². The molecule has 3 aromatic rings. The lowest BCUT2D eigenvalue weighted by atomic mass is 10.1. The summed E-state index contributed by atoms with van der Waals surface area (Å²) in [7, 11) is 0. The summed E-state index contributed by atoms with van der Waals surface area (Å²) in [6.45, 7) is 0. The molecule has 0 N–H and O–H groups in total. The normalized spacial score (nSPS) is 11.5. The average molecular weight is 277 g/mol. The zero-order chi connectivity index (χ0) is 14.7. The predicted molar refractivity (Wildman–Crippen MR) is 80.8 cm³/mol. The number of nitrogens with zero attached hydrogens (tertiary/aromatic N) is 3. The van der Waals surface area contributed by atoms with E-state index in [1.54, 1.807) is 24.3 Å². The molecule has 0 fully saturated rings. The molecule has 5 heteroatoms. The van der Waals surface area contributed by atoms with Crippen molar-refractivity contribution in [2.75, 3.05) is 0 Å². The van der Waals surface area contributed by atoms with E-state index in [4.69, 9.17) is 0 Å². The molecule has 0 aliphatic carbocycles. The summed E-state index contributed by atoms with van der Waals surface area (Å²) in [4.78, 5) is 19.5. The first-order valence-electron chi connectivity index (χ1n) is 6.37. The van der Waals surface area contributed by atoms with Gasteiger partial charge in [0.25, 0.3) is 5.70 Å².